The lowest BCUT2D eigenvalue weighted by Gasteiger charge is -2.33. The molecule has 1 unspecified atom stereocenters. The normalized spacial score (nSPS) is 20.5. The van der Waals surface area contributed by atoms with Gasteiger partial charge in [-0.2, -0.15) is 5.26 Å². The van der Waals surface area contributed by atoms with Crippen molar-refractivity contribution in [1.29, 1.82) is 5.26 Å². The molecule has 1 aromatic carbocycles. The number of likely N-dealkylation sites (N-methyl/N-ethyl adjacent to an activating group) is 1. The number of hydrogen-bond acceptors (Lipinski definition) is 3. The summed E-state index contributed by atoms with van der Waals surface area (Å²) in [7, 11) is 4.22. The quantitative estimate of drug-likeness (QED) is 0.835. The van der Waals surface area contributed by atoms with E-state index in [0.29, 0.717) is 6.04 Å². The highest BCUT2D eigenvalue weighted by Crippen LogP contribution is 2.35. The van der Waals surface area contributed by atoms with Crippen molar-refractivity contribution >= 4 is 11.3 Å². The molecule has 3 heteroatoms. The number of nitrogens with zero attached hydrogens (tertiary/aromatic N) is 3. The van der Waals surface area contributed by atoms with E-state index in [1.54, 1.807) is 0 Å². The van der Waals surface area contributed by atoms with Crippen LogP contribution < -0.4 is 4.90 Å². The Morgan fingerprint density at radius 3 is 2.86 bits per heavy atom. The van der Waals surface area contributed by atoms with E-state index < -0.39 is 0 Å². The van der Waals surface area contributed by atoms with E-state index in [9.17, 15) is 5.26 Å². The third-order valence-corrected chi connectivity index (χ3v) is 4.84. The van der Waals surface area contributed by atoms with Gasteiger partial charge >= 0.3 is 0 Å². The van der Waals surface area contributed by atoms with Crippen LogP contribution in [0.5, 0.6) is 0 Å². The van der Waals surface area contributed by atoms with E-state index in [4.69, 9.17) is 0 Å². The lowest BCUT2D eigenvalue weighted by Crippen LogP contribution is -2.30. The summed E-state index contributed by atoms with van der Waals surface area (Å²) in [5.41, 5.74) is 5.76. The van der Waals surface area contributed by atoms with Crippen LogP contribution in [0.2, 0.25) is 0 Å². The van der Waals surface area contributed by atoms with Crippen molar-refractivity contribution in [3.8, 4) is 6.07 Å². The molecule has 0 aromatic heterocycles. The SMILES string of the molecule is CCC1C(c2cc3c(cc2C#N)N(C)CCC3)=CC=CN1C. The van der Waals surface area contributed by atoms with Crippen molar-refractivity contribution in [2.45, 2.75) is 32.2 Å². The molecule has 2 aliphatic heterocycles. The number of rotatable bonds is 2. The van der Waals surface area contributed by atoms with Crippen molar-refractivity contribution in [3.05, 3.63) is 47.2 Å². The van der Waals surface area contributed by atoms with Gasteiger partial charge in [0.15, 0.2) is 0 Å². The second-order valence-electron chi connectivity index (χ2n) is 6.22. The Hall–Kier alpha value is -2.21. The van der Waals surface area contributed by atoms with Crippen LogP contribution in [0, 0.1) is 11.3 Å². The number of fused-ring (bicyclic) bond motifs is 1. The van der Waals surface area contributed by atoms with Gasteiger partial charge in [0.25, 0.3) is 0 Å². The zero-order valence-electron chi connectivity index (χ0n) is 13.6. The van der Waals surface area contributed by atoms with Crippen LogP contribution >= 0.6 is 0 Å². The second kappa shape index (κ2) is 5.88. The van der Waals surface area contributed by atoms with E-state index in [1.165, 1.54) is 23.2 Å². The highest BCUT2D eigenvalue weighted by molar-refractivity contribution is 5.79. The minimum Gasteiger partial charge on any atom is -0.374 e. The molecule has 2 heterocycles. The molecule has 0 amide bonds. The lowest BCUT2D eigenvalue weighted by atomic mass is 9.87. The predicted molar refractivity (Wildman–Crippen MR) is 91.7 cm³/mol. The Morgan fingerprint density at radius 2 is 2.14 bits per heavy atom. The van der Waals surface area contributed by atoms with Gasteiger partial charge in [-0.15, -0.1) is 0 Å². The summed E-state index contributed by atoms with van der Waals surface area (Å²) in [6, 6.07) is 7.09. The molecule has 0 N–H and O–H groups in total. The summed E-state index contributed by atoms with van der Waals surface area (Å²) < 4.78 is 0. The van der Waals surface area contributed by atoms with Crippen molar-refractivity contribution in [1.82, 2.24) is 4.90 Å². The van der Waals surface area contributed by atoms with Gasteiger partial charge in [-0.25, -0.2) is 0 Å². The summed E-state index contributed by atoms with van der Waals surface area (Å²) in [6.45, 7) is 3.27. The molecule has 0 spiro atoms. The Bertz CT molecular complexity index is 679. The second-order valence-corrected chi connectivity index (χ2v) is 6.22. The monoisotopic (exact) mass is 293 g/mol. The van der Waals surface area contributed by atoms with E-state index >= 15 is 0 Å². The van der Waals surface area contributed by atoms with Crippen molar-refractivity contribution < 1.29 is 0 Å². The van der Waals surface area contributed by atoms with Gasteiger partial charge in [-0.3, -0.25) is 0 Å². The standard InChI is InChI=1S/C19H23N3/c1-4-18-16(8-6-10-21(18)2)17-11-14-7-5-9-22(3)19(14)12-15(17)13-20/h6,8,10-12,18H,4-5,7,9H2,1-3H3. The molecule has 0 saturated heterocycles. The summed E-state index contributed by atoms with van der Waals surface area (Å²) in [4.78, 5) is 4.50. The Kier molecular flexibility index (Phi) is 3.94. The van der Waals surface area contributed by atoms with Gasteiger partial charge in [-0.1, -0.05) is 13.0 Å². The zero-order valence-corrected chi connectivity index (χ0v) is 13.6. The third-order valence-electron chi connectivity index (χ3n) is 4.84. The molecule has 3 rings (SSSR count). The van der Waals surface area contributed by atoms with E-state index in [-0.39, 0.29) is 0 Å². The first-order valence-corrected chi connectivity index (χ1v) is 8.04. The topological polar surface area (TPSA) is 30.3 Å². The molecule has 1 aromatic rings. The van der Waals surface area contributed by atoms with Crippen LogP contribution in [0.3, 0.4) is 0 Å². The maximum absolute atomic E-state index is 9.63. The summed E-state index contributed by atoms with van der Waals surface area (Å²) in [6.07, 6.45) is 9.68. The molecule has 0 saturated carbocycles. The fraction of sp³-hybridized carbons (Fsp3) is 0.421. The van der Waals surface area contributed by atoms with Gasteiger partial charge in [0, 0.05) is 26.3 Å². The molecule has 3 nitrogen and oxygen atoms in total. The Labute approximate surface area is 133 Å². The van der Waals surface area contributed by atoms with Gasteiger partial charge in [0.05, 0.1) is 17.7 Å². The highest BCUT2D eigenvalue weighted by Gasteiger charge is 2.24. The van der Waals surface area contributed by atoms with Crippen LogP contribution in [0.4, 0.5) is 5.69 Å². The molecular formula is C19H23N3. The van der Waals surface area contributed by atoms with Crippen molar-refractivity contribution in [3.63, 3.8) is 0 Å². The number of anilines is 1. The van der Waals surface area contributed by atoms with Gasteiger partial charge < -0.3 is 9.80 Å². The number of aryl methyl sites for hydroxylation is 1. The van der Waals surface area contributed by atoms with Crippen LogP contribution in [0.1, 0.15) is 36.5 Å². The van der Waals surface area contributed by atoms with Gasteiger partial charge in [-0.05, 0) is 60.4 Å². The minimum absolute atomic E-state index is 0.344. The fourth-order valence-electron chi connectivity index (χ4n) is 3.64. The Morgan fingerprint density at radius 1 is 1.32 bits per heavy atom. The van der Waals surface area contributed by atoms with Gasteiger partial charge in [0.2, 0.25) is 0 Å². The molecule has 114 valence electrons. The minimum atomic E-state index is 0.344. The van der Waals surface area contributed by atoms with Crippen molar-refractivity contribution in [2.24, 2.45) is 0 Å². The zero-order chi connectivity index (χ0) is 15.7. The van der Waals surface area contributed by atoms with Gasteiger partial charge in [0.1, 0.15) is 0 Å². The first kappa shape index (κ1) is 14.7. The summed E-state index contributed by atoms with van der Waals surface area (Å²) in [5, 5.41) is 9.63. The molecular weight excluding hydrogens is 270 g/mol. The van der Waals surface area contributed by atoms with Crippen LogP contribution in [-0.2, 0) is 6.42 Å². The fourth-order valence-corrected chi connectivity index (χ4v) is 3.64. The smallest absolute Gasteiger partial charge is 0.0998 e. The van der Waals surface area contributed by atoms with Crippen molar-refractivity contribution in [2.75, 3.05) is 25.5 Å². The molecule has 22 heavy (non-hydrogen) atoms. The summed E-state index contributed by atoms with van der Waals surface area (Å²) in [5.74, 6) is 0. The maximum atomic E-state index is 9.63. The third kappa shape index (κ3) is 2.39. The lowest BCUT2D eigenvalue weighted by molar-refractivity contribution is 0.381. The van der Waals surface area contributed by atoms with Crippen LogP contribution in [-0.4, -0.2) is 31.6 Å². The summed E-state index contributed by atoms with van der Waals surface area (Å²) >= 11 is 0. The van der Waals surface area contributed by atoms with Crippen LogP contribution in [0.25, 0.3) is 5.57 Å². The number of benzene rings is 1. The first-order chi connectivity index (χ1) is 10.7. The van der Waals surface area contributed by atoms with E-state index in [1.807, 2.05) is 0 Å². The Balaban J connectivity index is 2.13. The molecule has 2 aliphatic rings. The van der Waals surface area contributed by atoms with E-state index in [0.717, 1.165) is 30.5 Å². The van der Waals surface area contributed by atoms with E-state index in [2.05, 4.69) is 67.4 Å². The average Bonchev–Trinajstić information content (AvgIpc) is 2.54. The molecule has 1 atom stereocenters. The number of allylic oxidation sites excluding steroid dienone is 2. The number of hydrogen-bond donors (Lipinski definition) is 0. The highest BCUT2D eigenvalue weighted by atomic mass is 15.1. The molecule has 0 bridgehead atoms. The largest absolute Gasteiger partial charge is 0.374 e. The average molecular weight is 293 g/mol. The first-order valence-electron chi connectivity index (χ1n) is 8.04. The van der Waals surface area contributed by atoms with Crippen LogP contribution in [0.15, 0.2) is 30.5 Å². The number of nitriles is 1. The molecule has 0 aliphatic carbocycles. The molecule has 0 radical (unpaired) electrons. The maximum Gasteiger partial charge on any atom is 0.0998 e. The predicted octanol–water partition coefficient (Wildman–Crippen LogP) is 3.56. The molecule has 0 fully saturated rings.